The van der Waals surface area contributed by atoms with Crippen molar-refractivity contribution in [3.8, 4) is 17.2 Å². The van der Waals surface area contributed by atoms with Crippen molar-refractivity contribution in [2.75, 3.05) is 6.61 Å². The van der Waals surface area contributed by atoms with Gasteiger partial charge in [0.15, 0.2) is 0 Å². The Morgan fingerprint density at radius 1 is 1.35 bits per heavy atom. The van der Waals surface area contributed by atoms with Gasteiger partial charge in [0.1, 0.15) is 11.5 Å². The topological polar surface area (TPSA) is 35.3 Å². The first-order valence-electron chi connectivity index (χ1n) is 5.48. The summed E-state index contributed by atoms with van der Waals surface area (Å²) in [4.78, 5) is 4.39. The molecule has 0 aliphatic heterocycles. The average molecular weight is 296 g/mol. The second-order valence-corrected chi connectivity index (χ2v) is 4.65. The first-order valence-corrected chi connectivity index (χ1v) is 6.28. The Morgan fingerprint density at radius 3 is 2.71 bits per heavy atom. The van der Waals surface area contributed by atoms with Crippen LogP contribution < -0.4 is 4.74 Å². The molecular weight excluding hydrogens is 282 g/mol. The van der Waals surface area contributed by atoms with Crippen LogP contribution in [-0.2, 0) is 0 Å². The monoisotopic (exact) mass is 295 g/mol. The molecule has 0 bridgehead atoms. The number of aryl methyl sites for hydroxylation is 2. The van der Waals surface area contributed by atoms with Gasteiger partial charge in [0.2, 0.25) is 5.89 Å². The molecule has 3 nitrogen and oxygen atoms in total. The van der Waals surface area contributed by atoms with E-state index in [-0.39, 0.29) is 0 Å². The number of hydrogen-bond acceptors (Lipinski definition) is 3. The molecular formula is C13H14BrNO2. The van der Waals surface area contributed by atoms with Crippen LogP contribution in [0, 0.1) is 13.8 Å². The Balaban J connectivity index is 2.50. The summed E-state index contributed by atoms with van der Waals surface area (Å²) in [6, 6.07) is 5.82. The van der Waals surface area contributed by atoms with Gasteiger partial charge in [-0.2, -0.15) is 0 Å². The van der Waals surface area contributed by atoms with Crippen molar-refractivity contribution >= 4 is 15.9 Å². The van der Waals surface area contributed by atoms with Crippen LogP contribution in [0.5, 0.6) is 5.75 Å². The van der Waals surface area contributed by atoms with Crippen LogP contribution in [-0.4, -0.2) is 11.6 Å². The maximum atomic E-state index is 5.62. The fourth-order valence-corrected chi connectivity index (χ4v) is 1.88. The number of nitrogens with zero attached hydrogens (tertiary/aromatic N) is 1. The number of oxazole rings is 1. The van der Waals surface area contributed by atoms with Crippen molar-refractivity contribution in [1.29, 1.82) is 0 Å². The number of halogens is 1. The largest absolute Gasteiger partial charge is 0.493 e. The zero-order valence-electron chi connectivity index (χ0n) is 10.1. The minimum absolute atomic E-state index is 0.607. The van der Waals surface area contributed by atoms with Gasteiger partial charge in [-0.25, -0.2) is 4.98 Å². The van der Waals surface area contributed by atoms with E-state index in [1.165, 1.54) is 0 Å². The molecule has 0 atom stereocenters. The summed E-state index contributed by atoms with van der Waals surface area (Å²) in [5.74, 6) is 2.23. The third-order valence-electron chi connectivity index (χ3n) is 2.50. The SMILES string of the molecule is CCOc1cc(Br)ccc1-c1nc(C)c(C)o1. The Kier molecular flexibility index (Phi) is 3.52. The minimum atomic E-state index is 0.607. The summed E-state index contributed by atoms with van der Waals surface area (Å²) >= 11 is 3.43. The maximum absolute atomic E-state index is 5.62. The summed E-state index contributed by atoms with van der Waals surface area (Å²) in [5.41, 5.74) is 1.79. The molecule has 0 fully saturated rings. The molecule has 0 aliphatic carbocycles. The quantitative estimate of drug-likeness (QED) is 0.854. The molecule has 1 aromatic carbocycles. The summed E-state index contributed by atoms with van der Waals surface area (Å²) in [6.45, 7) is 6.41. The molecule has 2 aromatic rings. The lowest BCUT2D eigenvalue weighted by molar-refractivity contribution is 0.340. The van der Waals surface area contributed by atoms with Gasteiger partial charge in [-0.05, 0) is 39.0 Å². The number of hydrogen-bond donors (Lipinski definition) is 0. The van der Waals surface area contributed by atoms with Crippen LogP contribution >= 0.6 is 15.9 Å². The average Bonchev–Trinajstić information content (AvgIpc) is 2.60. The Labute approximate surface area is 109 Å². The molecule has 0 amide bonds. The zero-order valence-corrected chi connectivity index (χ0v) is 11.7. The summed E-state index contributed by atoms with van der Waals surface area (Å²) in [5, 5.41) is 0. The first-order chi connectivity index (χ1) is 8.11. The zero-order chi connectivity index (χ0) is 12.4. The van der Waals surface area contributed by atoms with E-state index >= 15 is 0 Å². The van der Waals surface area contributed by atoms with Crippen molar-refractivity contribution in [2.24, 2.45) is 0 Å². The van der Waals surface area contributed by atoms with Gasteiger partial charge < -0.3 is 9.15 Å². The second-order valence-electron chi connectivity index (χ2n) is 3.73. The van der Waals surface area contributed by atoms with Crippen LogP contribution in [0.15, 0.2) is 27.1 Å². The van der Waals surface area contributed by atoms with E-state index < -0.39 is 0 Å². The lowest BCUT2D eigenvalue weighted by atomic mass is 10.2. The highest BCUT2D eigenvalue weighted by atomic mass is 79.9. The molecule has 0 saturated carbocycles. The molecule has 0 aliphatic rings. The maximum Gasteiger partial charge on any atom is 0.230 e. The predicted octanol–water partition coefficient (Wildman–Crippen LogP) is 4.12. The normalized spacial score (nSPS) is 10.6. The Bertz CT molecular complexity index is 515. The van der Waals surface area contributed by atoms with E-state index in [0.717, 1.165) is 27.2 Å². The van der Waals surface area contributed by atoms with E-state index in [4.69, 9.17) is 9.15 Å². The molecule has 0 N–H and O–H groups in total. The molecule has 1 aromatic heterocycles. The highest BCUT2D eigenvalue weighted by molar-refractivity contribution is 9.10. The predicted molar refractivity (Wildman–Crippen MR) is 70.3 cm³/mol. The van der Waals surface area contributed by atoms with E-state index in [1.54, 1.807) is 0 Å². The van der Waals surface area contributed by atoms with Gasteiger partial charge in [0.25, 0.3) is 0 Å². The highest BCUT2D eigenvalue weighted by Crippen LogP contribution is 2.33. The van der Waals surface area contributed by atoms with Crippen LogP contribution in [0.2, 0.25) is 0 Å². The molecule has 0 radical (unpaired) electrons. The van der Waals surface area contributed by atoms with Gasteiger partial charge in [-0.3, -0.25) is 0 Å². The van der Waals surface area contributed by atoms with E-state index in [1.807, 2.05) is 39.0 Å². The molecule has 0 saturated heterocycles. The third kappa shape index (κ3) is 2.52. The van der Waals surface area contributed by atoms with Crippen LogP contribution in [0.3, 0.4) is 0 Å². The fourth-order valence-electron chi connectivity index (χ4n) is 1.54. The number of aromatic nitrogens is 1. The molecule has 2 rings (SSSR count). The van der Waals surface area contributed by atoms with Crippen LogP contribution in [0.1, 0.15) is 18.4 Å². The van der Waals surface area contributed by atoms with Crippen molar-refractivity contribution in [3.05, 3.63) is 34.1 Å². The highest BCUT2D eigenvalue weighted by Gasteiger charge is 2.13. The van der Waals surface area contributed by atoms with Gasteiger partial charge >= 0.3 is 0 Å². The summed E-state index contributed by atoms with van der Waals surface area (Å²) in [7, 11) is 0. The van der Waals surface area contributed by atoms with Crippen LogP contribution in [0.25, 0.3) is 11.5 Å². The van der Waals surface area contributed by atoms with Crippen molar-refractivity contribution in [2.45, 2.75) is 20.8 Å². The Hall–Kier alpha value is -1.29. The van der Waals surface area contributed by atoms with E-state index in [2.05, 4.69) is 20.9 Å². The summed E-state index contributed by atoms with van der Waals surface area (Å²) < 4.78 is 12.2. The molecule has 4 heteroatoms. The van der Waals surface area contributed by atoms with E-state index in [9.17, 15) is 0 Å². The Morgan fingerprint density at radius 2 is 2.12 bits per heavy atom. The third-order valence-corrected chi connectivity index (χ3v) is 3.00. The fraction of sp³-hybridized carbons (Fsp3) is 0.308. The van der Waals surface area contributed by atoms with Gasteiger partial charge in [0.05, 0.1) is 17.9 Å². The van der Waals surface area contributed by atoms with Crippen LogP contribution in [0.4, 0.5) is 0 Å². The summed E-state index contributed by atoms with van der Waals surface area (Å²) in [6.07, 6.45) is 0. The smallest absolute Gasteiger partial charge is 0.230 e. The van der Waals surface area contributed by atoms with Gasteiger partial charge in [-0.1, -0.05) is 15.9 Å². The second kappa shape index (κ2) is 4.92. The standard InChI is InChI=1S/C13H14BrNO2/c1-4-16-12-7-10(14)5-6-11(12)13-15-8(2)9(3)17-13/h5-7H,4H2,1-3H3. The van der Waals surface area contributed by atoms with Crippen molar-refractivity contribution in [1.82, 2.24) is 4.98 Å². The molecule has 1 heterocycles. The number of benzene rings is 1. The first kappa shape index (κ1) is 12.2. The van der Waals surface area contributed by atoms with Gasteiger partial charge in [0, 0.05) is 4.47 Å². The van der Waals surface area contributed by atoms with Crippen molar-refractivity contribution < 1.29 is 9.15 Å². The van der Waals surface area contributed by atoms with Gasteiger partial charge in [-0.15, -0.1) is 0 Å². The molecule has 90 valence electrons. The molecule has 0 unspecified atom stereocenters. The van der Waals surface area contributed by atoms with E-state index in [0.29, 0.717) is 12.5 Å². The lowest BCUT2D eigenvalue weighted by Crippen LogP contribution is -1.94. The number of rotatable bonds is 3. The molecule has 0 spiro atoms. The lowest BCUT2D eigenvalue weighted by Gasteiger charge is -2.07. The van der Waals surface area contributed by atoms with Crippen molar-refractivity contribution in [3.63, 3.8) is 0 Å². The molecule has 17 heavy (non-hydrogen) atoms. The number of ether oxygens (including phenoxy) is 1. The minimum Gasteiger partial charge on any atom is -0.493 e.